The lowest BCUT2D eigenvalue weighted by Crippen LogP contribution is -2.32. The monoisotopic (exact) mass is 274 g/mol. The van der Waals surface area contributed by atoms with E-state index >= 15 is 0 Å². The minimum Gasteiger partial charge on any atom is -0.365 e. The van der Waals surface area contributed by atoms with Crippen molar-refractivity contribution in [3.8, 4) is 0 Å². The Kier molecular flexibility index (Phi) is 3.61. The second-order valence-corrected chi connectivity index (χ2v) is 5.89. The third-order valence-electron chi connectivity index (χ3n) is 4.33. The molecule has 108 valence electrons. The van der Waals surface area contributed by atoms with Gasteiger partial charge in [-0.2, -0.15) is 0 Å². The summed E-state index contributed by atoms with van der Waals surface area (Å²) < 4.78 is 0. The number of nitrogens with two attached hydrogens (primary N) is 2. The number of aromatic nitrogens is 1. The van der Waals surface area contributed by atoms with Crippen LogP contribution in [0.4, 0.5) is 5.82 Å². The van der Waals surface area contributed by atoms with E-state index in [0.717, 1.165) is 31.4 Å². The van der Waals surface area contributed by atoms with E-state index in [4.69, 9.17) is 11.5 Å². The predicted molar refractivity (Wildman–Crippen MR) is 78.6 cm³/mol. The fourth-order valence-corrected chi connectivity index (χ4v) is 2.97. The Morgan fingerprint density at radius 3 is 2.80 bits per heavy atom. The van der Waals surface area contributed by atoms with Gasteiger partial charge in [0.05, 0.1) is 5.56 Å². The third-order valence-corrected chi connectivity index (χ3v) is 4.33. The van der Waals surface area contributed by atoms with Gasteiger partial charge in [-0.25, -0.2) is 4.98 Å². The molecule has 1 fully saturated rings. The number of hydrogen-bond acceptors (Lipinski definition) is 4. The van der Waals surface area contributed by atoms with Crippen LogP contribution >= 0.6 is 0 Å². The van der Waals surface area contributed by atoms with E-state index in [1.165, 1.54) is 18.4 Å². The topological polar surface area (TPSA) is 94.0 Å². The Morgan fingerprint density at radius 2 is 2.15 bits per heavy atom. The number of anilines is 1. The van der Waals surface area contributed by atoms with Crippen LogP contribution in [0, 0.1) is 5.92 Å². The van der Waals surface area contributed by atoms with Crippen molar-refractivity contribution in [1.82, 2.24) is 4.98 Å². The summed E-state index contributed by atoms with van der Waals surface area (Å²) in [5.41, 5.74) is 14.1. The number of carbonyl (C=O) groups is 1. The van der Waals surface area contributed by atoms with E-state index < -0.39 is 5.91 Å². The second kappa shape index (κ2) is 5.40. The maximum absolute atomic E-state index is 11.7. The quantitative estimate of drug-likeness (QED) is 0.752. The van der Waals surface area contributed by atoms with Gasteiger partial charge in [0.15, 0.2) is 0 Å². The summed E-state index contributed by atoms with van der Waals surface area (Å²) in [5.74, 6) is 0.819. The number of aryl methyl sites for hydroxylation is 2. The summed E-state index contributed by atoms with van der Waals surface area (Å²) in [6.45, 7) is 0.557. The minimum absolute atomic E-state index is 0.197. The van der Waals surface area contributed by atoms with E-state index in [0.29, 0.717) is 23.8 Å². The van der Waals surface area contributed by atoms with Gasteiger partial charge in [-0.3, -0.25) is 4.79 Å². The lowest BCUT2D eigenvalue weighted by Gasteiger charge is -2.22. The van der Waals surface area contributed by atoms with Crippen LogP contribution < -0.4 is 16.8 Å². The van der Waals surface area contributed by atoms with Crippen LogP contribution in [0.25, 0.3) is 0 Å². The van der Waals surface area contributed by atoms with Crippen molar-refractivity contribution in [2.24, 2.45) is 17.4 Å². The molecule has 2 aliphatic rings. The van der Waals surface area contributed by atoms with Gasteiger partial charge in [0, 0.05) is 18.3 Å². The Hall–Kier alpha value is -1.62. The summed E-state index contributed by atoms with van der Waals surface area (Å²) in [7, 11) is 0. The van der Waals surface area contributed by atoms with Gasteiger partial charge in [0.25, 0.3) is 5.91 Å². The van der Waals surface area contributed by atoms with E-state index in [2.05, 4.69) is 10.3 Å². The molecule has 1 heterocycles. The first-order valence-corrected chi connectivity index (χ1v) is 7.48. The van der Waals surface area contributed by atoms with Gasteiger partial charge in [-0.05, 0) is 56.1 Å². The van der Waals surface area contributed by atoms with E-state index in [1.54, 1.807) is 0 Å². The van der Waals surface area contributed by atoms with Crippen molar-refractivity contribution in [1.29, 1.82) is 0 Å². The molecule has 1 unspecified atom stereocenters. The van der Waals surface area contributed by atoms with Crippen LogP contribution in [0.15, 0.2) is 6.07 Å². The molecule has 2 aliphatic carbocycles. The van der Waals surface area contributed by atoms with Crippen molar-refractivity contribution in [2.75, 3.05) is 11.9 Å². The Balaban J connectivity index is 1.92. The van der Waals surface area contributed by atoms with E-state index in [9.17, 15) is 4.79 Å². The number of hydrogen-bond donors (Lipinski definition) is 3. The van der Waals surface area contributed by atoms with Gasteiger partial charge in [0.2, 0.25) is 0 Å². The highest BCUT2D eigenvalue weighted by atomic mass is 16.1. The number of primary amides is 1. The van der Waals surface area contributed by atoms with Crippen LogP contribution in [0.3, 0.4) is 0 Å². The van der Waals surface area contributed by atoms with Crippen LogP contribution in [0.1, 0.15) is 47.3 Å². The van der Waals surface area contributed by atoms with Gasteiger partial charge >= 0.3 is 0 Å². The van der Waals surface area contributed by atoms with Crippen molar-refractivity contribution >= 4 is 11.7 Å². The number of nitrogens with one attached hydrogen (secondary N) is 1. The zero-order chi connectivity index (χ0) is 14.1. The zero-order valence-corrected chi connectivity index (χ0v) is 11.7. The van der Waals surface area contributed by atoms with E-state index in [-0.39, 0.29) is 6.04 Å². The molecule has 0 saturated heterocycles. The minimum atomic E-state index is -0.417. The largest absolute Gasteiger partial charge is 0.365 e. The van der Waals surface area contributed by atoms with Gasteiger partial charge in [-0.15, -0.1) is 0 Å². The molecule has 0 aromatic carbocycles. The zero-order valence-electron chi connectivity index (χ0n) is 11.7. The first kappa shape index (κ1) is 13.4. The molecule has 0 aliphatic heterocycles. The van der Waals surface area contributed by atoms with Crippen molar-refractivity contribution in [3.05, 3.63) is 22.9 Å². The highest BCUT2D eigenvalue weighted by Gasteiger charge is 2.31. The summed E-state index contributed by atoms with van der Waals surface area (Å²) in [6.07, 6.45) is 6.70. The summed E-state index contributed by atoms with van der Waals surface area (Å²) in [5, 5.41) is 3.35. The standard InChI is InChI=1S/C15H22N4O/c16-8-13(9-5-6-9)19-15-11(14(17)20)7-10-3-1-2-4-12(10)18-15/h7,9,13H,1-6,8,16H2,(H2,17,20)(H,18,19). The molecular formula is C15H22N4O. The molecule has 1 saturated carbocycles. The molecular weight excluding hydrogens is 252 g/mol. The molecule has 0 radical (unpaired) electrons. The molecule has 5 heteroatoms. The first-order chi connectivity index (χ1) is 9.69. The van der Waals surface area contributed by atoms with Crippen LogP contribution in [-0.2, 0) is 12.8 Å². The molecule has 1 aromatic rings. The van der Waals surface area contributed by atoms with Gasteiger partial charge in [-0.1, -0.05) is 0 Å². The highest BCUT2D eigenvalue weighted by Crippen LogP contribution is 2.34. The third kappa shape index (κ3) is 2.63. The number of fused-ring (bicyclic) bond motifs is 1. The normalized spacial score (nSPS) is 19.2. The van der Waals surface area contributed by atoms with E-state index in [1.807, 2.05) is 6.07 Å². The summed E-state index contributed by atoms with van der Waals surface area (Å²) in [4.78, 5) is 16.3. The summed E-state index contributed by atoms with van der Waals surface area (Å²) in [6, 6.07) is 2.12. The summed E-state index contributed by atoms with van der Waals surface area (Å²) >= 11 is 0. The SMILES string of the molecule is NCC(Nc1nc2c(cc1C(N)=O)CCCC2)C1CC1. The van der Waals surface area contributed by atoms with Crippen LogP contribution in [-0.4, -0.2) is 23.5 Å². The highest BCUT2D eigenvalue weighted by molar-refractivity contribution is 5.97. The molecule has 3 rings (SSSR count). The van der Waals surface area contributed by atoms with Crippen LogP contribution in [0.2, 0.25) is 0 Å². The van der Waals surface area contributed by atoms with Crippen LogP contribution in [0.5, 0.6) is 0 Å². The first-order valence-electron chi connectivity index (χ1n) is 7.48. The van der Waals surface area contributed by atoms with Crippen molar-refractivity contribution < 1.29 is 4.79 Å². The maximum atomic E-state index is 11.7. The number of amides is 1. The molecule has 5 nitrogen and oxygen atoms in total. The lowest BCUT2D eigenvalue weighted by molar-refractivity contribution is 0.100. The fraction of sp³-hybridized carbons (Fsp3) is 0.600. The number of rotatable bonds is 5. The Morgan fingerprint density at radius 1 is 1.40 bits per heavy atom. The molecule has 1 atom stereocenters. The van der Waals surface area contributed by atoms with Gasteiger partial charge in [0.1, 0.15) is 5.82 Å². The second-order valence-electron chi connectivity index (χ2n) is 5.89. The number of carbonyl (C=O) groups excluding carboxylic acids is 1. The molecule has 5 N–H and O–H groups in total. The predicted octanol–water partition coefficient (Wildman–Crippen LogP) is 1.21. The molecule has 0 bridgehead atoms. The molecule has 1 amide bonds. The molecule has 0 spiro atoms. The van der Waals surface area contributed by atoms with Crippen molar-refractivity contribution in [3.63, 3.8) is 0 Å². The smallest absolute Gasteiger partial charge is 0.252 e. The Labute approximate surface area is 119 Å². The molecule has 1 aromatic heterocycles. The average molecular weight is 274 g/mol. The average Bonchev–Trinajstić information content (AvgIpc) is 3.28. The number of pyridine rings is 1. The maximum Gasteiger partial charge on any atom is 0.252 e. The molecule has 20 heavy (non-hydrogen) atoms. The van der Waals surface area contributed by atoms with Gasteiger partial charge < -0.3 is 16.8 Å². The fourth-order valence-electron chi connectivity index (χ4n) is 2.97. The lowest BCUT2D eigenvalue weighted by atomic mass is 9.94. The Bertz CT molecular complexity index is 525. The van der Waals surface area contributed by atoms with Crippen molar-refractivity contribution in [2.45, 2.75) is 44.6 Å². The number of nitrogens with zero attached hydrogens (tertiary/aromatic N) is 1.